The maximum Gasteiger partial charge on any atom is 0.344 e. The molecule has 1 atom stereocenters. The lowest BCUT2D eigenvalue weighted by Gasteiger charge is -2.18. The van der Waals surface area contributed by atoms with Crippen molar-refractivity contribution in [2.75, 3.05) is 5.32 Å². The summed E-state index contributed by atoms with van der Waals surface area (Å²) in [5, 5.41) is 6.69. The molecule has 3 rings (SSSR count). The Balaban J connectivity index is 1.87. The SMILES string of the molecule is CCc1noc(C)c1C(=O)OC(C(=O)Nc1ccc(C)cc1)c1ccccc1. The zero-order valence-electron chi connectivity index (χ0n) is 16.1. The molecule has 1 heterocycles. The van der Waals surface area contributed by atoms with Gasteiger partial charge in [-0.25, -0.2) is 4.79 Å². The number of anilines is 1. The van der Waals surface area contributed by atoms with Crippen LogP contribution in [-0.2, 0) is 16.0 Å². The Hall–Kier alpha value is -3.41. The smallest absolute Gasteiger partial charge is 0.344 e. The van der Waals surface area contributed by atoms with Crippen LogP contribution in [0, 0.1) is 13.8 Å². The van der Waals surface area contributed by atoms with Gasteiger partial charge in [0.15, 0.2) is 0 Å². The number of aryl methyl sites for hydroxylation is 3. The highest BCUT2D eigenvalue weighted by atomic mass is 16.6. The molecule has 0 saturated heterocycles. The molecule has 6 heteroatoms. The molecule has 1 aromatic heterocycles. The first-order valence-corrected chi connectivity index (χ1v) is 9.08. The molecule has 2 aromatic carbocycles. The average molecular weight is 378 g/mol. The van der Waals surface area contributed by atoms with Crippen LogP contribution in [0.2, 0.25) is 0 Å². The van der Waals surface area contributed by atoms with E-state index in [1.807, 2.05) is 32.0 Å². The van der Waals surface area contributed by atoms with Crippen LogP contribution in [-0.4, -0.2) is 17.0 Å². The standard InChI is InChI=1S/C22H22N2O4/c1-4-18-19(15(3)28-24-18)22(26)27-20(16-8-6-5-7-9-16)21(25)23-17-12-10-14(2)11-13-17/h5-13,20H,4H2,1-3H3,(H,23,25). The number of amides is 1. The first kappa shape index (κ1) is 19.4. The molecule has 0 aliphatic carbocycles. The van der Waals surface area contributed by atoms with E-state index in [1.165, 1.54) is 0 Å². The van der Waals surface area contributed by atoms with Gasteiger partial charge in [0, 0.05) is 11.3 Å². The van der Waals surface area contributed by atoms with Crippen molar-refractivity contribution in [1.29, 1.82) is 0 Å². The van der Waals surface area contributed by atoms with E-state index in [1.54, 1.807) is 43.3 Å². The molecule has 1 N–H and O–H groups in total. The van der Waals surface area contributed by atoms with E-state index in [0.717, 1.165) is 5.56 Å². The van der Waals surface area contributed by atoms with Crippen molar-refractivity contribution >= 4 is 17.6 Å². The molecule has 0 radical (unpaired) electrons. The summed E-state index contributed by atoms with van der Waals surface area (Å²) in [4.78, 5) is 25.7. The van der Waals surface area contributed by atoms with Crippen LogP contribution in [0.4, 0.5) is 5.69 Å². The Labute approximate surface area is 163 Å². The van der Waals surface area contributed by atoms with Crippen molar-refractivity contribution < 1.29 is 18.8 Å². The lowest BCUT2D eigenvalue weighted by Crippen LogP contribution is -2.26. The minimum absolute atomic E-state index is 0.270. The zero-order valence-corrected chi connectivity index (χ0v) is 16.1. The molecule has 0 fully saturated rings. The van der Waals surface area contributed by atoms with Gasteiger partial charge in [-0.3, -0.25) is 4.79 Å². The second-order valence-corrected chi connectivity index (χ2v) is 6.47. The van der Waals surface area contributed by atoms with Gasteiger partial charge in [0.1, 0.15) is 11.3 Å². The number of nitrogens with zero attached hydrogens (tertiary/aromatic N) is 1. The van der Waals surface area contributed by atoms with E-state index in [-0.39, 0.29) is 5.56 Å². The molecule has 0 spiro atoms. The van der Waals surface area contributed by atoms with Crippen molar-refractivity contribution in [3.8, 4) is 0 Å². The second-order valence-electron chi connectivity index (χ2n) is 6.47. The first-order chi connectivity index (χ1) is 13.5. The topological polar surface area (TPSA) is 81.4 Å². The predicted octanol–water partition coefficient (Wildman–Crippen LogP) is 4.39. The van der Waals surface area contributed by atoms with Crippen LogP contribution >= 0.6 is 0 Å². The van der Waals surface area contributed by atoms with Gasteiger partial charge >= 0.3 is 5.97 Å². The highest BCUT2D eigenvalue weighted by molar-refractivity contribution is 5.98. The number of rotatable bonds is 6. The Morgan fingerprint density at radius 3 is 2.39 bits per heavy atom. The fourth-order valence-corrected chi connectivity index (χ4v) is 2.83. The summed E-state index contributed by atoms with van der Waals surface area (Å²) in [6, 6.07) is 16.3. The van der Waals surface area contributed by atoms with Crippen LogP contribution in [0.5, 0.6) is 0 Å². The predicted molar refractivity (Wildman–Crippen MR) is 105 cm³/mol. The normalized spacial score (nSPS) is 11.7. The van der Waals surface area contributed by atoms with E-state index in [2.05, 4.69) is 10.5 Å². The molecule has 1 unspecified atom stereocenters. The lowest BCUT2D eigenvalue weighted by molar-refractivity contribution is -0.125. The monoisotopic (exact) mass is 378 g/mol. The first-order valence-electron chi connectivity index (χ1n) is 9.08. The Morgan fingerprint density at radius 2 is 1.75 bits per heavy atom. The maximum absolute atomic E-state index is 12.9. The molecule has 28 heavy (non-hydrogen) atoms. The molecule has 3 aromatic rings. The van der Waals surface area contributed by atoms with Crippen LogP contribution in [0.15, 0.2) is 59.1 Å². The summed E-state index contributed by atoms with van der Waals surface area (Å²) >= 11 is 0. The molecule has 0 aliphatic rings. The van der Waals surface area contributed by atoms with Crippen molar-refractivity contribution in [2.45, 2.75) is 33.3 Å². The fourth-order valence-electron chi connectivity index (χ4n) is 2.83. The van der Waals surface area contributed by atoms with E-state index in [9.17, 15) is 9.59 Å². The van der Waals surface area contributed by atoms with Gasteiger partial charge in [0.25, 0.3) is 5.91 Å². The third-order valence-corrected chi connectivity index (χ3v) is 4.36. The molecular formula is C22H22N2O4. The van der Waals surface area contributed by atoms with Crippen LogP contribution in [0.3, 0.4) is 0 Å². The Bertz CT molecular complexity index is 962. The molecule has 0 aliphatic heterocycles. The second kappa shape index (κ2) is 8.52. The summed E-state index contributed by atoms with van der Waals surface area (Å²) < 4.78 is 10.7. The number of hydrogen-bond donors (Lipinski definition) is 1. The number of esters is 1. The largest absolute Gasteiger partial charge is 0.444 e. The van der Waals surface area contributed by atoms with Gasteiger partial charge in [-0.15, -0.1) is 0 Å². The van der Waals surface area contributed by atoms with Gasteiger partial charge in [0.2, 0.25) is 6.10 Å². The van der Waals surface area contributed by atoms with Crippen LogP contribution in [0.25, 0.3) is 0 Å². The van der Waals surface area contributed by atoms with Crippen molar-refractivity contribution in [1.82, 2.24) is 5.16 Å². The number of benzene rings is 2. The number of carbonyl (C=O) groups excluding carboxylic acids is 2. The van der Waals surface area contributed by atoms with E-state index >= 15 is 0 Å². The summed E-state index contributed by atoms with van der Waals surface area (Å²) in [6.45, 7) is 5.48. The number of hydrogen-bond acceptors (Lipinski definition) is 5. The van der Waals surface area contributed by atoms with Crippen LogP contribution in [0.1, 0.15) is 46.0 Å². The summed E-state index contributed by atoms with van der Waals surface area (Å²) in [6.07, 6.45) is -0.582. The molecule has 6 nitrogen and oxygen atoms in total. The zero-order chi connectivity index (χ0) is 20.1. The quantitative estimate of drug-likeness (QED) is 0.643. The molecule has 0 saturated carbocycles. The molecule has 144 valence electrons. The van der Waals surface area contributed by atoms with E-state index < -0.39 is 18.0 Å². The van der Waals surface area contributed by atoms with Gasteiger partial charge < -0.3 is 14.6 Å². The minimum Gasteiger partial charge on any atom is -0.444 e. The molecular weight excluding hydrogens is 356 g/mol. The van der Waals surface area contributed by atoms with Gasteiger partial charge in [-0.2, -0.15) is 0 Å². The number of nitrogens with one attached hydrogen (secondary N) is 1. The average Bonchev–Trinajstić information content (AvgIpc) is 3.09. The summed E-state index contributed by atoms with van der Waals surface area (Å²) in [7, 11) is 0. The Kier molecular flexibility index (Phi) is 5.89. The van der Waals surface area contributed by atoms with Crippen molar-refractivity contribution in [2.24, 2.45) is 0 Å². The van der Waals surface area contributed by atoms with Crippen LogP contribution < -0.4 is 5.32 Å². The van der Waals surface area contributed by atoms with Gasteiger partial charge in [0.05, 0.1) is 5.69 Å². The molecule has 0 bridgehead atoms. The number of ether oxygens (including phenoxy) is 1. The van der Waals surface area contributed by atoms with Gasteiger partial charge in [-0.1, -0.05) is 60.1 Å². The maximum atomic E-state index is 12.9. The van der Waals surface area contributed by atoms with E-state index in [4.69, 9.17) is 9.26 Å². The lowest BCUT2D eigenvalue weighted by atomic mass is 10.1. The van der Waals surface area contributed by atoms with Crippen molar-refractivity contribution in [3.05, 3.63) is 82.7 Å². The number of aromatic nitrogens is 1. The third-order valence-electron chi connectivity index (χ3n) is 4.36. The summed E-state index contributed by atoms with van der Waals surface area (Å²) in [5.74, 6) is -0.702. The highest BCUT2D eigenvalue weighted by Crippen LogP contribution is 2.24. The third kappa shape index (κ3) is 4.28. The number of carbonyl (C=O) groups is 2. The Morgan fingerprint density at radius 1 is 1.07 bits per heavy atom. The van der Waals surface area contributed by atoms with E-state index in [0.29, 0.717) is 29.1 Å². The van der Waals surface area contributed by atoms with Gasteiger partial charge in [-0.05, 0) is 32.4 Å². The summed E-state index contributed by atoms with van der Waals surface area (Å²) in [5.41, 5.74) is 3.06. The highest BCUT2D eigenvalue weighted by Gasteiger charge is 2.29. The fraction of sp³-hybridized carbons (Fsp3) is 0.227. The minimum atomic E-state index is -1.10. The molecule has 1 amide bonds. The van der Waals surface area contributed by atoms with Crippen molar-refractivity contribution in [3.63, 3.8) is 0 Å².